The van der Waals surface area contributed by atoms with Crippen molar-refractivity contribution in [1.82, 2.24) is 19.6 Å². The molecule has 1 N–H and O–H groups in total. The quantitative estimate of drug-likeness (QED) is 0.722. The number of nitrogens with one attached hydrogen (secondary N) is 1. The standard InChI is InChI=1S/C18H19F2N5O3/c1-27-16-9-14-11(10-25(23-14)12-3-6-28-7-4-12)8-15(16)21-17(26)13-2-5-24(22-13)18(19)20/h2,5,8-10,12,18H,3-4,6-7H2,1H3,(H,21,26). The van der Waals surface area contributed by atoms with Crippen LogP contribution >= 0.6 is 0 Å². The van der Waals surface area contributed by atoms with E-state index in [1.165, 1.54) is 13.2 Å². The van der Waals surface area contributed by atoms with Crippen LogP contribution in [0.4, 0.5) is 14.5 Å². The summed E-state index contributed by atoms with van der Waals surface area (Å²) in [7, 11) is 1.48. The van der Waals surface area contributed by atoms with E-state index < -0.39 is 12.5 Å². The number of ether oxygens (including phenoxy) is 2. The maximum atomic E-state index is 12.7. The van der Waals surface area contributed by atoms with Gasteiger partial charge in [0.15, 0.2) is 5.69 Å². The predicted octanol–water partition coefficient (Wildman–Crippen LogP) is 3.24. The monoisotopic (exact) mass is 391 g/mol. The molecule has 28 heavy (non-hydrogen) atoms. The van der Waals surface area contributed by atoms with Crippen LogP contribution in [0, 0.1) is 0 Å². The molecule has 1 aromatic carbocycles. The highest BCUT2D eigenvalue weighted by molar-refractivity contribution is 6.04. The molecule has 0 bridgehead atoms. The molecule has 1 amide bonds. The number of halogens is 2. The SMILES string of the molecule is COc1cc2nn(C3CCOCC3)cc2cc1NC(=O)c1ccn(C(F)F)n1. The number of anilines is 1. The number of carbonyl (C=O) groups is 1. The molecule has 4 rings (SSSR count). The zero-order chi connectivity index (χ0) is 19.7. The molecule has 0 spiro atoms. The molecule has 3 aromatic rings. The van der Waals surface area contributed by atoms with Gasteiger partial charge >= 0.3 is 6.55 Å². The van der Waals surface area contributed by atoms with Crippen LogP contribution in [0.15, 0.2) is 30.6 Å². The molecule has 148 valence electrons. The van der Waals surface area contributed by atoms with Gasteiger partial charge in [-0.15, -0.1) is 0 Å². The number of fused-ring (bicyclic) bond motifs is 1. The molecule has 1 aliphatic heterocycles. The van der Waals surface area contributed by atoms with Crippen LogP contribution in [0.2, 0.25) is 0 Å². The van der Waals surface area contributed by atoms with Gasteiger partial charge in [0.2, 0.25) is 0 Å². The first-order valence-corrected chi connectivity index (χ1v) is 8.84. The lowest BCUT2D eigenvalue weighted by atomic mass is 10.1. The van der Waals surface area contributed by atoms with E-state index >= 15 is 0 Å². The summed E-state index contributed by atoms with van der Waals surface area (Å²) in [6, 6.07) is 4.98. The van der Waals surface area contributed by atoms with Gasteiger partial charge in [0.25, 0.3) is 5.91 Å². The van der Waals surface area contributed by atoms with E-state index in [9.17, 15) is 13.6 Å². The van der Waals surface area contributed by atoms with Gasteiger partial charge in [0.05, 0.1) is 24.4 Å². The second-order valence-electron chi connectivity index (χ2n) is 6.48. The van der Waals surface area contributed by atoms with Gasteiger partial charge in [-0.05, 0) is 25.0 Å². The van der Waals surface area contributed by atoms with Crippen LogP contribution in [-0.4, -0.2) is 45.8 Å². The molecule has 1 aliphatic rings. The summed E-state index contributed by atoms with van der Waals surface area (Å²) in [5, 5.41) is 11.7. The van der Waals surface area contributed by atoms with Crippen molar-refractivity contribution in [2.75, 3.05) is 25.6 Å². The van der Waals surface area contributed by atoms with Crippen molar-refractivity contribution >= 4 is 22.5 Å². The van der Waals surface area contributed by atoms with E-state index in [-0.39, 0.29) is 11.7 Å². The maximum Gasteiger partial charge on any atom is 0.333 e. The third-order valence-electron chi connectivity index (χ3n) is 4.70. The fraction of sp³-hybridized carbons (Fsp3) is 0.389. The summed E-state index contributed by atoms with van der Waals surface area (Å²) in [5.74, 6) is -0.180. The minimum absolute atomic E-state index is 0.111. The Morgan fingerprint density at radius 1 is 1.32 bits per heavy atom. The molecule has 2 aromatic heterocycles. The fourth-order valence-corrected chi connectivity index (χ4v) is 3.23. The lowest BCUT2D eigenvalue weighted by Gasteiger charge is -2.22. The molecular formula is C18H19F2N5O3. The van der Waals surface area contributed by atoms with Crippen LogP contribution in [0.3, 0.4) is 0 Å². The number of aromatic nitrogens is 4. The minimum Gasteiger partial charge on any atom is -0.494 e. The van der Waals surface area contributed by atoms with Gasteiger partial charge in [-0.1, -0.05) is 0 Å². The average molecular weight is 391 g/mol. The summed E-state index contributed by atoms with van der Waals surface area (Å²) in [4.78, 5) is 12.4. The van der Waals surface area contributed by atoms with Crippen LogP contribution in [0.5, 0.6) is 5.75 Å². The molecule has 0 aliphatic carbocycles. The number of hydrogen-bond acceptors (Lipinski definition) is 5. The molecule has 0 saturated carbocycles. The minimum atomic E-state index is -2.80. The van der Waals surface area contributed by atoms with E-state index in [2.05, 4.69) is 15.5 Å². The van der Waals surface area contributed by atoms with Crippen LogP contribution in [-0.2, 0) is 4.74 Å². The van der Waals surface area contributed by atoms with Crippen molar-refractivity contribution in [3.63, 3.8) is 0 Å². The van der Waals surface area contributed by atoms with Gasteiger partial charge in [0, 0.05) is 37.1 Å². The summed E-state index contributed by atoms with van der Waals surface area (Å²) in [6.07, 6.45) is 4.76. The Labute approximate surface area is 159 Å². The third kappa shape index (κ3) is 3.55. The summed E-state index contributed by atoms with van der Waals surface area (Å²) >= 11 is 0. The van der Waals surface area contributed by atoms with Gasteiger partial charge in [-0.2, -0.15) is 19.0 Å². The lowest BCUT2D eigenvalue weighted by molar-refractivity contribution is 0.0561. The first-order valence-electron chi connectivity index (χ1n) is 8.84. The Balaban J connectivity index is 1.60. The Hall–Kier alpha value is -3.01. The van der Waals surface area contributed by atoms with E-state index in [0.29, 0.717) is 29.3 Å². The van der Waals surface area contributed by atoms with Crippen LogP contribution < -0.4 is 10.1 Å². The first-order chi connectivity index (χ1) is 13.5. The van der Waals surface area contributed by atoms with Crippen LogP contribution in [0.1, 0.15) is 35.9 Å². The van der Waals surface area contributed by atoms with Crippen molar-refractivity contribution in [3.8, 4) is 5.75 Å². The van der Waals surface area contributed by atoms with Crippen molar-refractivity contribution < 1.29 is 23.0 Å². The van der Waals surface area contributed by atoms with E-state index in [1.807, 2.05) is 10.9 Å². The number of rotatable bonds is 5. The smallest absolute Gasteiger partial charge is 0.333 e. The highest BCUT2D eigenvalue weighted by Crippen LogP contribution is 2.31. The molecule has 10 heteroatoms. The normalized spacial score (nSPS) is 15.3. The maximum absolute atomic E-state index is 12.7. The number of carbonyl (C=O) groups excluding carboxylic acids is 1. The van der Waals surface area contributed by atoms with Gasteiger partial charge in [-0.3, -0.25) is 9.48 Å². The topological polar surface area (TPSA) is 83.2 Å². The highest BCUT2D eigenvalue weighted by Gasteiger charge is 2.19. The van der Waals surface area contributed by atoms with E-state index in [1.54, 1.807) is 12.1 Å². The number of hydrogen-bond donors (Lipinski definition) is 1. The first kappa shape index (κ1) is 18.4. The second kappa shape index (κ2) is 7.55. The average Bonchev–Trinajstić information content (AvgIpc) is 3.35. The molecule has 0 atom stereocenters. The number of alkyl halides is 2. The third-order valence-corrected chi connectivity index (χ3v) is 4.70. The van der Waals surface area contributed by atoms with E-state index in [4.69, 9.17) is 9.47 Å². The zero-order valence-corrected chi connectivity index (χ0v) is 15.1. The Kier molecular flexibility index (Phi) is 4.95. The second-order valence-corrected chi connectivity index (χ2v) is 6.48. The molecule has 0 radical (unpaired) electrons. The lowest BCUT2D eigenvalue weighted by Crippen LogP contribution is -2.19. The largest absolute Gasteiger partial charge is 0.494 e. The molecule has 1 fully saturated rings. The summed E-state index contributed by atoms with van der Waals surface area (Å²) in [6.45, 7) is -1.39. The van der Waals surface area contributed by atoms with Crippen molar-refractivity contribution in [2.24, 2.45) is 0 Å². The highest BCUT2D eigenvalue weighted by atomic mass is 19.3. The molecule has 0 unspecified atom stereocenters. The molecule has 1 saturated heterocycles. The Morgan fingerprint density at radius 3 is 2.79 bits per heavy atom. The zero-order valence-electron chi connectivity index (χ0n) is 15.1. The van der Waals surface area contributed by atoms with E-state index in [0.717, 1.165) is 29.9 Å². The van der Waals surface area contributed by atoms with Gasteiger partial charge in [0.1, 0.15) is 5.75 Å². The van der Waals surface area contributed by atoms with Gasteiger partial charge < -0.3 is 14.8 Å². The van der Waals surface area contributed by atoms with Crippen molar-refractivity contribution in [3.05, 3.63) is 36.3 Å². The molecular weight excluding hydrogens is 372 g/mol. The molecule has 3 heterocycles. The summed E-state index contributed by atoms with van der Waals surface area (Å²) in [5.41, 5.74) is 1.04. The number of benzene rings is 1. The predicted molar refractivity (Wildman–Crippen MR) is 96.8 cm³/mol. The van der Waals surface area contributed by atoms with Crippen molar-refractivity contribution in [2.45, 2.75) is 25.4 Å². The number of amides is 1. The number of methoxy groups -OCH3 is 1. The fourth-order valence-electron chi connectivity index (χ4n) is 3.23. The molecule has 8 nitrogen and oxygen atoms in total. The van der Waals surface area contributed by atoms with Crippen LogP contribution in [0.25, 0.3) is 10.9 Å². The Morgan fingerprint density at radius 2 is 2.11 bits per heavy atom. The number of nitrogens with zero attached hydrogens (tertiary/aromatic N) is 4. The van der Waals surface area contributed by atoms with Crippen molar-refractivity contribution in [1.29, 1.82) is 0 Å². The Bertz CT molecular complexity index is 994. The van der Waals surface area contributed by atoms with Gasteiger partial charge in [-0.25, -0.2) is 4.68 Å². The summed E-state index contributed by atoms with van der Waals surface area (Å²) < 4.78 is 38.4.